The van der Waals surface area contributed by atoms with Gasteiger partial charge in [0.25, 0.3) is 0 Å². The fourth-order valence-corrected chi connectivity index (χ4v) is 4.41. The van der Waals surface area contributed by atoms with Crippen LogP contribution < -0.4 is 10.1 Å². The lowest BCUT2D eigenvalue weighted by Crippen LogP contribution is -2.43. The number of ether oxygens (including phenoxy) is 1. The first-order valence-electron chi connectivity index (χ1n) is 10.2. The lowest BCUT2D eigenvalue weighted by molar-refractivity contribution is 0.191. The Morgan fingerprint density at radius 2 is 1.81 bits per heavy atom. The highest BCUT2D eigenvalue weighted by atomic mass is 19.1. The fourth-order valence-electron chi connectivity index (χ4n) is 4.41. The number of urea groups is 1. The number of hydrogen-bond donors (Lipinski definition) is 2. The minimum atomic E-state index is -0.563. The number of carbonyl (C=O) groups is 1. The molecule has 3 aromatic carbocycles. The number of fused-ring (bicyclic) bond motifs is 3. The zero-order chi connectivity index (χ0) is 21.4. The van der Waals surface area contributed by atoms with E-state index in [1.165, 1.54) is 6.07 Å². The van der Waals surface area contributed by atoms with Gasteiger partial charge in [-0.2, -0.15) is 0 Å². The van der Waals surface area contributed by atoms with Gasteiger partial charge in [0.05, 0.1) is 12.8 Å². The van der Waals surface area contributed by atoms with E-state index in [0.29, 0.717) is 30.0 Å². The van der Waals surface area contributed by atoms with Gasteiger partial charge >= 0.3 is 6.03 Å². The van der Waals surface area contributed by atoms with Gasteiger partial charge in [-0.05, 0) is 36.2 Å². The van der Waals surface area contributed by atoms with Crippen LogP contribution in [0, 0.1) is 5.82 Å². The molecule has 1 aliphatic rings. The van der Waals surface area contributed by atoms with Gasteiger partial charge in [0.2, 0.25) is 0 Å². The number of anilines is 1. The largest absolute Gasteiger partial charge is 0.495 e. The van der Waals surface area contributed by atoms with Crippen molar-refractivity contribution in [1.82, 2.24) is 9.88 Å². The molecule has 0 radical (unpaired) electrons. The van der Waals surface area contributed by atoms with Crippen molar-refractivity contribution in [1.29, 1.82) is 0 Å². The number of carbonyl (C=O) groups excluding carboxylic acids is 1. The number of hydrogen-bond acceptors (Lipinski definition) is 2. The van der Waals surface area contributed by atoms with E-state index >= 15 is 0 Å². The van der Waals surface area contributed by atoms with Gasteiger partial charge in [-0.1, -0.05) is 48.5 Å². The molecule has 2 heterocycles. The third-order valence-corrected chi connectivity index (χ3v) is 5.84. The number of para-hydroxylation sites is 3. The number of nitrogens with zero attached hydrogens (tertiary/aromatic N) is 1. The van der Waals surface area contributed by atoms with Crippen molar-refractivity contribution in [2.75, 3.05) is 19.0 Å². The summed E-state index contributed by atoms with van der Waals surface area (Å²) in [6.07, 6.45) is 0.684. The van der Waals surface area contributed by atoms with Crippen LogP contribution in [0.4, 0.5) is 14.9 Å². The Balaban J connectivity index is 1.60. The van der Waals surface area contributed by atoms with Crippen molar-refractivity contribution in [2.45, 2.75) is 12.5 Å². The summed E-state index contributed by atoms with van der Waals surface area (Å²) in [6.45, 7) is 0.467. The Morgan fingerprint density at radius 1 is 1.06 bits per heavy atom. The topological polar surface area (TPSA) is 57.4 Å². The third-order valence-electron chi connectivity index (χ3n) is 5.84. The fraction of sp³-hybridized carbons (Fsp3) is 0.160. The molecule has 5 rings (SSSR count). The van der Waals surface area contributed by atoms with Gasteiger partial charge in [0.15, 0.2) is 0 Å². The second-order valence-corrected chi connectivity index (χ2v) is 7.56. The molecular formula is C25H22FN3O2. The monoisotopic (exact) mass is 415 g/mol. The maximum Gasteiger partial charge on any atom is 0.322 e. The summed E-state index contributed by atoms with van der Waals surface area (Å²) >= 11 is 0. The number of aromatic nitrogens is 1. The van der Waals surface area contributed by atoms with Crippen LogP contribution >= 0.6 is 0 Å². The van der Waals surface area contributed by atoms with Gasteiger partial charge in [-0.15, -0.1) is 0 Å². The normalized spacial score (nSPS) is 15.5. The second-order valence-electron chi connectivity index (χ2n) is 7.56. The van der Waals surface area contributed by atoms with Crippen LogP contribution in [0.15, 0.2) is 72.8 Å². The quantitative estimate of drug-likeness (QED) is 0.465. The lowest BCUT2D eigenvalue weighted by Gasteiger charge is -2.36. The van der Waals surface area contributed by atoms with Crippen molar-refractivity contribution in [3.8, 4) is 5.75 Å². The molecule has 0 saturated carbocycles. The summed E-state index contributed by atoms with van der Waals surface area (Å²) in [6, 6.07) is 21.0. The first-order chi connectivity index (χ1) is 15.2. The average molecular weight is 415 g/mol. The molecular weight excluding hydrogens is 393 g/mol. The van der Waals surface area contributed by atoms with E-state index < -0.39 is 6.04 Å². The number of benzene rings is 3. The molecule has 156 valence electrons. The predicted molar refractivity (Wildman–Crippen MR) is 119 cm³/mol. The zero-order valence-electron chi connectivity index (χ0n) is 17.1. The molecule has 0 spiro atoms. The van der Waals surface area contributed by atoms with Crippen LogP contribution in [0.5, 0.6) is 5.75 Å². The van der Waals surface area contributed by atoms with Crippen LogP contribution in [-0.4, -0.2) is 29.6 Å². The summed E-state index contributed by atoms with van der Waals surface area (Å²) in [5.41, 5.74) is 4.01. The number of methoxy groups -OCH3 is 1. The van der Waals surface area contributed by atoms with E-state index in [0.717, 1.165) is 22.2 Å². The summed E-state index contributed by atoms with van der Waals surface area (Å²) in [5.74, 6) is 0.232. The maximum atomic E-state index is 14.9. The molecule has 31 heavy (non-hydrogen) atoms. The van der Waals surface area contributed by atoms with Gasteiger partial charge in [-0.25, -0.2) is 9.18 Å². The van der Waals surface area contributed by atoms with Crippen LogP contribution in [0.1, 0.15) is 22.9 Å². The predicted octanol–water partition coefficient (Wildman–Crippen LogP) is 5.50. The number of H-pyrrole nitrogens is 1. The molecule has 0 saturated heterocycles. The molecule has 0 fully saturated rings. The van der Waals surface area contributed by atoms with Gasteiger partial charge < -0.3 is 19.9 Å². The first kappa shape index (κ1) is 19.2. The summed E-state index contributed by atoms with van der Waals surface area (Å²) < 4.78 is 20.3. The molecule has 0 unspecified atom stereocenters. The van der Waals surface area contributed by atoms with E-state index in [9.17, 15) is 9.18 Å². The Bertz CT molecular complexity index is 1270. The summed E-state index contributed by atoms with van der Waals surface area (Å²) in [7, 11) is 1.56. The molecule has 1 aliphatic heterocycles. The molecule has 2 amide bonds. The Morgan fingerprint density at radius 3 is 2.65 bits per heavy atom. The number of halogens is 1. The van der Waals surface area contributed by atoms with Crippen LogP contribution in [-0.2, 0) is 6.42 Å². The van der Waals surface area contributed by atoms with E-state index in [-0.39, 0.29) is 11.8 Å². The van der Waals surface area contributed by atoms with Crippen molar-refractivity contribution in [3.63, 3.8) is 0 Å². The van der Waals surface area contributed by atoms with Crippen molar-refractivity contribution in [2.24, 2.45) is 0 Å². The first-order valence-corrected chi connectivity index (χ1v) is 10.2. The molecule has 4 aromatic rings. The lowest BCUT2D eigenvalue weighted by atomic mass is 9.92. The number of nitrogens with one attached hydrogen (secondary N) is 2. The van der Waals surface area contributed by atoms with E-state index in [2.05, 4.69) is 16.4 Å². The third kappa shape index (κ3) is 3.30. The number of rotatable bonds is 3. The van der Waals surface area contributed by atoms with Crippen molar-refractivity contribution in [3.05, 3.63) is 95.4 Å². The van der Waals surface area contributed by atoms with E-state index in [1.54, 1.807) is 42.3 Å². The number of amides is 2. The second kappa shape index (κ2) is 7.80. The molecule has 5 nitrogen and oxygen atoms in total. The molecule has 1 atom stereocenters. The smallest absolute Gasteiger partial charge is 0.322 e. The molecule has 0 aliphatic carbocycles. The highest BCUT2D eigenvalue weighted by molar-refractivity contribution is 5.92. The van der Waals surface area contributed by atoms with Crippen LogP contribution in [0.3, 0.4) is 0 Å². The SMILES string of the molecule is COc1ccccc1NC(=O)N1CCc2c([nH]c3ccccc23)[C@H]1c1ccccc1F. The minimum Gasteiger partial charge on any atom is -0.495 e. The van der Waals surface area contributed by atoms with E-state index in [1.807, 2.05) is 30.3 Å². The van der Waals surface area contributed by atoms with Crippen LogP contribution in [0.2, 0.25) is 0 Å². The standard InChI is InChI=1S/C25H22FN3O2/c1-31-22-13-7-6-12-21(22)28-25(30)29-15-14-17-16-8-3-5-11-20(16)27-23(17)24(29)18-9-2-4-10-19(18)26/h2-13,24,27H,14-15H2,1H3,(H,28,30)/t24-/m1/s1. The van der Waals surface area contributed by atoms with Crippen molar-refractivity contribution < 1.29 is 13.9 Å². The molecule has 2 N–H and O–H groups in total. The summed E-state index contributed by atoms with van der Waals surface area (Å²) in [4.78, 5) is 18.5. The average Bonchev–Trinajstić information content (AvgIpc) is 3.18. The highest BCUT2D eigenvalue weighted by Crippen LogP contribution is 2.39. The maximum absolute atomic E-state index is 14.9. The molecule has 1 aromatic heterocycles. The van der Waals surface area contributed by atoms with E-state index in [4.69, 9.17) is 4.74 Å². The van der Waals surface area contributed by atoms with Crippen LogP contribution in [0.25, 0.3) is 10.9 Å². The Labute approximate surface area is 179 Å². The highest BCUT2D eigenvalue weighted by Gasteiger charge is 2.36. The number of aromatic amines is 1. The molecule has 0 bridgehead atoms. The molecule has 6 heteroatoms. The van der Waals surface area contributed by atoms with Gasteiger partial charge in [0.1, 0.15) is 17.6 Å². The summed E-state index contributed by atoms with van der Waals surface area (Å²) in [5, 5.41) is 4.06. The Kier molecular flexibility index (Phi) is 4.82. The van der Waals surface area contributed by atoms with Crippen molar-refractivity contribution >= 4 is 22.6 Å². The van der Waals surface area contributed by atoms with Gasteiger partial charge in [-0.3, -0.25) is 0 Å². The zero-order valence-corrected chi connectivity index (χ0v) is 17.1. The minimum absolute atomic E-state index is 0.304. The Hall–Kier alpha value is -3.80. The van der Waals surface area contributed by atoms with Gasteiger partial charge in [0, 0.05) is 28.7 Å².